The molecular formula is C9H15NO2S. The molecule has 0 aliphatic heterocycles. The molecule has 0 radical (unpaired) electrons. The summed E-state index contributed by atoms with van der Waals surface area (Å²) in [7, 11) is 1.65. The van der Waals surface area contributed by atoms with Gasteiger partial charge in [-0.2, -0.15) is 0 Å². The Kier molecular flexibility index (Phi) is 4.35. The van der Waals surface area contributed by atoms with Gasteiger partial charge in [0.25, 0.3) is 0 Å². The number of aliphatic hydroxyl groups excluding tert-OH is 1. The van der Waals surface area contributed by atoms with E-state index in [-0.39, 0.29) is 6.61 Å². The molecule has 0 saturated carbocycles. The van der Waals surface area contributed by atoms with E-state index in [0.29, 0.717) is 6.61 Å². The van der Waals surface area contributed by atoms with Crippen LogP contribution in [0.2, 0.25) is 0 Å². The summed E-state index contributed by atoms with van der Waals surface area (Å²) in [6.07, 6.45) is 2.00. The minimum Gasteiger partial charge on any atom is -0.391 e. The maximum absolute atomic E-state index is 9.06. The Morgan fingerprint density at radius 2 is 2.31 bits per heavy atom. The van der Waals surface area contributed by atoms with Gasteiger partial charge in [-0.05, 0) is 6.42 Å². The molecule has 74 valence electrons. The molecule has 0 atom stereocenters. The molecule has 0 bridgehead atoms. The van der Waals surface area contributed by atoms with Crippen LogP contribution >= 0.6 is 11.3 Å². The van der Waals surface area contributed by atoms with Crippen LogP contribution in [-0.4, -0.2) is 17.2 Å². The molecule has 4 heteroatoms. The summed E-state index contributed by atoms with van der Waals surface area (Å²) in [5, 5.41) is 10.0. The number of hydrogen-bond acceptors (Lipinski definition) is 4. The van der Waals surface area contributed by atoms with Crippen molar-refractivity contribution in [2.45, 2.75) is 33.0 Å². The van der Waals surface area contributed by atoms with Crippen LogP contribution in [0.1, 0.15) is 28.9 Å². The third-order valence-electron chi connectivity index (χ3n) is 1.72. The molecule has 1 N–H and O–H groups in total. The summed E-state index contributed by atoms with van der Waals surface area (Å²) in [6.45, 7) is 2.74. The van der Waals surface area contributed by atoms with Gasteiger partial charge >= 0.3 is 0 Å². The first-order valence-electron chi connectivity index (χ1n) is 4.39. The molecule has 1 aromatic rings. The molecule has 3 nitrogen and oxygen atoms in total. The number of hydrogen-bond donors (Lipinski definition) is 1. The average Bonchev–Trinajstić information content (AvgIpc) is 2.49. The number of aromatic nitrogens is 1. The number of methoxy groups -OCH3 is 1. The molecule has 0 spiro atoms. The van der Waals surface area contributed by atoms with Gasteiger partial charge < -0.3 is 9.84 Å². The SMILES string of the molecule is CCCc1nc(COC)sc1CO. The largest absolute Gasteiger partial charge is 0.391 e. The zero-order chi connectivity index (χ0) is 9.68. The van der Waals surface area contributed by atoms with Crippen molar-refractivity contribution in [3.63, 3.8) is 0 Å². The Bertz CT molecular complexity index is 260. The maximum Gasteiger partial charge on any atom is 0.119 e. The van der Waals surface area contributed by atoms with E-state index in [2.05, 4.69) is 11.9 Å². The lowest BCUT2D eigenvalue weighted by Gasteiger charge is -1.94. The molecular weight excluding hydrogens is 186 g/mol. The third-order valence-corrected chi connectivity index (χ3v) is 2.78. The predicted octanol–water partition coefficient (Wildman–Crippen LogP) is 1.73. The van der Waals surface area contributed by atoms with Gasteiger partial charge in [-0.15, -0.1) is 11.3 Å². The molecule has 1 aromatic heterocycles. The highest BCUT2D eigenvalue weighted by Gasteiger charge is 2.08. The highest BCUT2D eigenvalue weighted by Crippen LogP contribution is 2.20. The van der Waals surface area contributed by atoms with Gasteiger partial charge in [0.2, 0.25) is 0 Å². The first-order valence-corrected chi connectivity index (χ1v) is 5.20. The minimum absolute atomic E-state index is 0.0940. The number of nitrogens with zero attached hydrogens (tertiary/aromatic N) is 1. The quantitative estimate of drug-likeness (QED) is 0.789. The average molecular weight is 201 g/mol. The van der Waals surface area contributed by atoms with Crippen molar-refractivity contribution < 1.29 is 9.84 Å². The number of ether oxygens (including phenoxy) is 1. The molecule has 1 rings (SSSR count). The van der Waals surface area contributed by atoms with Crippen molar-refractivity contribution >= 4 is 11.3 Å². The molecule has 0 unspecified atom stereocenters. The van der Waals surface area contributed by atoms with Gasteiger partial charge in [-0.3, -0.25) is 0 Å². The van der Waals surface area contributed by atoms with Crippen LogP contribution in [0.5, 0.6) is 0 Å². The van der Waals surface area contributed by atoms with Crippen molar-refractivity contribution in [3.8, 4) is 0 Å². The lowest BCUT2D eigenvalue weighted by Crippen LogP contribution is -1.91. The fraction of sp³-hybridized carbons (Fsp3) is 0.667. The maximum atomic E-state index is 9.06. The second-order valence-electron chi connectivity index (χ2n) is 2.82. The van der Waals surface area contributed by atoms with Crippen molar-refractivity contribution in [1.29, 1.82) is 0 Å². The van der Waals surface area contributed by atoms with E-state index in [4.69, 9.17) is 9.84 Å². The van der Waals surface area contributed by atoms with Crippen LogP contribution in [0.25, 0.3) is 0 Å². The zero-order valence-electron chi connectivity index (χ0n) is 8.04. The summed E-state index contributed by atoms with van der Waals surface area (Å²) >= 11 is 1.54. The van der Waals surface area contributed by atoms with Gasteiger partial charge in [0, 0.05) is 7.11 Å². The van der Waals surface area contributed by atoms with Crippen LogP contribution in [0.15, 0.2) is 0 Å². The van der Waals surface area contributed by atoms with E-state index >= 15 is 0 Å². The normalized spacial score (nSPS) is 10.7. The Labute approximate surface area is 82.4 Å². The van der Waals surface area contributed by atoms with Gasteiger partial charge in [-0.25, -0.2) is 4.98 Å². The molecule has 0 aromatic carbocycles. The molecule has 13 heavy (non-hydrogen) atoms. The van der Waals surface area contributed by atoms with Crippen molar-refractivity contribution in [2.24, 2.45) is 0 Å². The van der Waals surface area contributed by atoms with Crippen LogP contribution in [-0.2, 0) is 24.4 Å². The summed E-state index contributed by atoms with van der Waals surface area (Å²) < 4.78 is 4.99. The fourth-order valence-corrected chi connectivity index (χ4v) is 2.12. The van der Waals surface area contributed by atoms with Crippen LogP contribution in [0.4, 0.5) is 0 Å². The molecule has 0 amide bonds. The van der Waals surface area contributed by atoms with Crippen LogP contribution in [0, 0.1) is 0 Å². The molecule has 0 saturated heterocycles. The van der Waals surface area contributed by atoms with E-state index in [0.717, 1.165) is 28.4 Å². The minimum atomic E-state index is 0.0940. The lowest BCUT2D eigenvalue weighted by molar-refractivity contribution is 0.184. The first-order chi connectivity index (χ1) is 6.31. The highest BCUT2D eigenvalue weighted by molar-refractivity contribution is 7.11. The van der Waals surface area contributed by atoms with Crippen molar-refractivity contribution in [1.82, 2.24) is 4.98 Å². The number of thiazole rings is 1. The summed E-state index contributed by atoms with van der Waals surface area (Å²) in [6, 6.07) is 0. The summed E-state index contributed by atoms with van der Waals surface area (Å²) in [5.74, 6) is 0. The fourth-order valence-electron chi connectivity index (χ4n) is 1.18. The molecule has 1 heterocycles. The van der Waals surface area contributed by atoms with Gasteiger partial charge in [0.1, 0.15) is 5.01 Å². The van der Waals surface area contributed by atoms with E-state index in [1.54, 1.807) is 7.11 Å². The van der Waals surface area contributed by atoms with Crippen molar-refractivity contribution in [3.05, 3.63) is 15.6 Å². The standard InChI is InChI=1S/C9H15NO2S/c1-3-4-7-8(5-11)13-9(10-7)6-12-2/h11H,3-6H2,1-2H3. The van der Waals surface area contributed by atoms with E-state index in [1.807, 2.05) is 0 Å². The second kappa shape index (κ2) is 5.32. The number of aliphatic hydroxyl groups is 1. The Balaban J connectivity index is 2.77. The second-order valence-corrected chi connectivity index (χ2v) is 3.99. The summed E-state index contributed by atoms with van der Waals surface area (Å²) in [5.41, 5.74) is 1.03. The molecule has 0 fully saturated rings. The predicted molar refractivity (Wildman–Crippen MR) is 52.7 cm³/mol. The van der Waals surface area contributed by atoms with E-state index < -0.39 is 0 Å². The zero-order valence-corrected chi connectivity index (χ0v) is 8.86. The monoisotopic (exact) mass is 201 g/mol. The Morgan fingerprint density at radius 3 is 2.85 bits per heavy atom. The topological polar surface area (TPSA) is 42.4 Å². The van der Waals surface area contributed by atoms with Gasteiger partial charge in [0.15, 0.2) is 0 Å². The number of rotatable bonds is 5. The van der Waals surface area contributed by atoms with E-state index in [1.165, 1.54) is 11.3 Å². The first kappa shape index (κ1) is 10.6. The highest BCUT2D eigenvalue weighted by atomic mass is 32.1. The Morgan fingerprint density at radius 1 is 1.54 bits per heavy atom. The van der Waals surface area contributed by atoms with Crippen molar-refractivity contribution in [2.75, 3.05) is 7.11 Å². The lowest BCUT2D eigenvalue weighted by atomic mass is 10.2. The molecule has 0 aliphatic carbocycles. The van der Waals surface area contributed by atoms with E-state index in [9.17, 15) is 0 Å². The smallest absolute Gasteiger partial charge is 0.119 e. The number of aryl methyl sites for hydroxylation is 1. The summed E-state index contributed by atoms with van der Waals surface area (Å²) in [4.78, 5) is 5.37. The third kappa shape index (κ3) is 2.76. The van der Waals surface area contributed by atoms with Crippen LogP contribution < -0.4 is 0 Å². The Hall–Kier alpha value is -0.450. The van der Waals surface area contributed by atoms with Gasteiger partial charge in [-0.1, -0.05) is 13.3 Å². The van der Waals surface area contributed by atoms with Gasteiger partial charge in [0.05, 0.1) is 23.8 Å². The van der Waals surface area contributed by atoms with Crippen LogP contribution in [0.3, 0.4) is 0 Å². The molecule has 0 aliphatic rings.